The second kappa shape index (κ2) is 7.03. The Morgan fingerprint density at radius 3 is 2.59 bits per heavy atom. The van der Waals surface area contributed by atoms with Crippen molar-refractivity contribution in [2.75, 3.05) is 6.54 Å². The zero-order chi connectivity index (χ0) is 16.2. The predicted octanol–water partition coefficient (Wildman–Crippen LogP) is 2.77. The van der Waals surface area contributed by atoms with E-state index in [0.29, 0.717) is 6.54 Å². The molecule has 3 N–H and O–H groups in total. The summed E-state index contributed by atoms with van der Waals surface area (Å²) in [6.07, 6.45) is 1.31. The fourth-order valence-corrected chi connectivity index (χ4v) is 2.87. The van der Waals surface area contributed by atoms with Crippen LogP contribution in [0.1, 0.15) is 32.0 Å². The van der Waals surface area contributed by atoms with Crippen molar-refractivity contribution in [3.8, 4) is 10.6 Å². The summed E-state index contributed by atoms with van der Waals surface area (Å²) in [7, 11) is 0. The molecule has 0 saturated heterocycles. The maximum absolute atomic E-state index is 12.0. The van der Waals surface area contributed by atoms with E-state index in [2.05, 4.69) is 41.5 Å². The lowest BCUT2D eigenvalue weighted by Crippen LogP contribution is -2.49. The topological polar surface area (TPSA) is 68.0 Å². The first-order chi connectivity index (χ1) is 10.4. The van der Waals surface area contributed by atoms with Crippen molar-refractivity contribution < 1.29 is 4.79 Å². The number of nitrogens with one attached hydrogen (secondary N) is 1. The van der Waals surface area contributed by atoms with Gasteiger partial charge in [0, 0.05) is 23.0 Å². The summed E-state index contributed by atoms with van der Waals surface area (Å²) in [5.41, 5.74) is 8.44. The fraction of sp³-hybridized carbons (Fsp3) is 0.412. The molecule has 0 radical (unpaired) electrons. The van der Waals surface area contributed by atoms with Gasteiger partial charge in [-0.3, -0.25) is 4.79 Å². The van der Waals surface area contributed by atoms with Gasteiger partial charge in [-0.05, 0) is 25.8 Å². The Morgan fingerprint density at radius 1 is 1.32 bits per heavy atom. The van der Waals surface area contributed by atoms with Crippen LogP contribution in [0.3, 0.4) is 0 Å². The van der Waals surface area contributed by atoms with Crippen molar-refractivity contribution in [2.45, 2.75) is 39.2 Å². The molecule has 2 aromatic rings. The molecule has 1 aromatic carbocycles. The number of hydrogen-bond donors (Lipinski definition) is 2. The second-order valence-electron chi connectivity index (χ2n) is 6.01. The van der Waals surface area contributed by atoms with E-state index in [9.17, 15) is 4.79 Å². The number of thiazole rings is 1. The third-order valence-corrected chi connectivity index (χ3v) is 4.43. The van der Waals surface area contributed by atoms with E-state index in [0.717, 1.165) is 22.7 Å². The van der Waals surface area contributed by atoms with E-state index in [1.807, 2.05) is 19.2 Å². The van der Waals surface area contributed by atoms with Crippen molar-refractivity contribution >= 4 is 17.2 Å². The zero-order valence-electron chi connectivity index (χ0n) is 13.3. The van der Waals surface area contributed by atoms with Crippen molar-refractivity contribution in [3.63, 3.8) is 0 Å². The van der Waals surface area contributed by atoms with Crippen LogP contribution in [0, 0.1) is 0 Å². The van der Waals surface area contributed by atoms with Crippen LogP contribution in [0.25, 0.3) is 10.6 Å². The Kier molecular flexibility index (Phi) is 5.32. The van der Waals surface area contributed by atoms with Crippen LogP contribution in [-0.4, -0.2) is 23.0 Å². The molecular formula is C17H23N3OS. The summed E-state index contributed by atoms with van der Waals surface area (Å²) in [5, 5.41) is 5.81. The highest BCUT2D eigenvalue weighted by molar-refractivity contribution is 7.13. The Labute approximate surface area is 135 Å². The molecule has 0 bridgehead atoms. The van der Waals surface area contributed by atoms with Gasteiger partial charge in [0.15, 0.2) is 0 Å². The standard InChI is InChI=1S/C17H23N3OS/c1-4-12-5-7-13(8-6-12)16-19-14(10-22-16)9-15(21)20-17(2,3)11-18/h5-8,10H,4,9,11,18H2,1-3H3,(H,20,21). The van der Waals surface area contributed by atoms with Crippen molar-refractivity contribution in [2.24, 2.45) is 5.73 Å². The number of amides is 1. The number of rotatable bonds is 6. The summed E-state index contributed by atoms with van der Waals surface area (Å²) < 4.78 is 0. The van der Waals surface area contributed by atoms with Gasteiger partial charge in [0.05, 0.1) is 12.1 Å². The average molecular weight is 317 g/mol. The molecule has 0 aliphatic carbocycles. The van der Waals surface area contributed by atoms with Crippen LogP contribution in [0.15, 0.2) is 29.6 Å². The van der Waals surface area contributed by atoms with Crippen molar-refractivity contribution in [1.82, 2.24) is 10.3 Å². The minimum atomic E-state index is -0.383. The minimum absolute atomic E-state index is 0.0476. The van der Waals surface area contributed by atoms with Crippen molar-refractivity contribution in [1.29, 1.82) is 0 Å². The molecule has 2 rings (SSSR count). The highest BCUT2D eigenvalue weighted by atomic mass is 32.1. The van der Waals surface area contributed by atoms with E-state index < -0.39 is 0 Å². The Balaban J connectivity index is 2.03. The van der Waals surface area contributed by atoms with Gasteiger partial charge in [0.1, 0.15) is 5.01 Å². The number of aryl methyl sites for hydroxylation is 1. The molecule has 0 unspecified atom stereocenters. The monoisotopic (exact) mass is 317 g/mol. The maximum atomic E-state index is 12.0. The summed E-state index contributed by atoms with van der Waals surface area (Å²) in [6.45, 7) is 6.36. The molecule has 118 valence electrons. The molecule has 0 atom stereocenters. The molecule has 0 spiro atoms. The van der Waals surface area contributed by atoms with Gasteiger partial charge in [-0.1, -0.05) is 31.2 Å². The van der Waals surface area contributed by atoms with Gasteiger partial charge in [-0.15, -0.1) is 11.3 Å². The van der Waals surface area contributed by atoms with Gasteiger partial charge >= 0.3 is 0 Å². The molecule has 0 saturated carbocycles. The predicted molar refractivity (Wildman–Crippen MR) is 91.9 cm³/mol. The molecular weight excluding hydrogens is 294 g/mol. The highest BCUT2D eigenvalue weighted by Gasteiger charge is 2.19. The largest absolute Gasteiger partial charge is 0.350 e. The number of nitrogens with zero attached hydrogens (tertiary/aromatic N) is 1. The SMILES string of the molecule is CCc1ccc(-c2nc(CC(=O)NC(C)(C)CN)cs2)cc1. The average Bonchev–Trinajstić information content (AvgIpc) is 2.95. The number of hydrogen-bond acceptors (Lipinski definition) is 4. The summed E-state index contributed by atoms with van der Waals surface area (Å²) in [5.74, 6) is -0.0476. The molecule has 0 aliphatic heterocycles. The summed E-state index contributed by atoms with van der Waals surface area (Å²) >= 11 is 1.57. The van der Waals surface area contributed by atoms with E-state index in [-0.39, 0.29) is 17.9 Å². The van der Waals surface area contributed by atoms with E-state index in [1.54, 1.807) is 11.3 Å². The van der Waals surface area contributed by atoms with Gasteiger partial charge in [-0.2, -0.15) is 0 Å². The van der Waals surface area contributed by atoms with Gasteiger partial charge in [-0.25, -0.2) is 4.98 Å². The molecule has 4 nitrogen and oxygen atoms in total. The molecule has 22 heavy (non-hydrogen) atoms. The zero-order valence-corrected chi connectivity index (χ0v) is 14.2. The number of nitrogens with two attached hydrogens (primary N) is 1. The number of carbonyl (C=O) groups excluding carboxylic acids is 1. The normalized spacial score (nSPS) is 11.5. The minimum Gasteiger partial charge on any atom is -0.350 e. The molecule has 1 aromatic heterocycles. The van der Waals surface area contributed by atoms with Gasteiger partial charge in [0.2, 0.25) is 5.91 Å². The number of carbonyl (C=O) groups is 1. The lowest BCUT2D eigenvalue weighted by molar-refractivity contribution is -0.121. The smallest absolute Gasteiger partial charge is 0.226 e. The van der Waals surface area contributed by atoms with Crippen molar-refractivity contribution in [3.05, 3.63) is 40.9 Å². The quantitative estimate of drug-likeness (QED) is 0.861. The lowest BCUT2D eigenvalue weighted by Gasteiger charge is -2.23. The molecule has 0 aliphatic rings. The Morgan fingerprint density at radius 2 is 2.00 bits per heavy atom. The lowest BCUT2D eigenvalue weighted by atomic mass is 10.1. The summed E-state index contributed by atoms with van der Waals surface area (Å²) in [4.78, 5) is 16.6. The third kappa shape index (κ3) is 4.39. The second-order valence-corrected chi connectivity index (χ2v) is 6.87. The van der Waals surface area contributed by atoms with Gasteiger partial charge < -0.3 is 11.1 Å². The molecule has 0 fully saturated rings. The van der Waals surface area contributed by atoms with E-state index in [4.69, 9.17) is 5.73 Å². The Bertz CT molecular complexity index is 632. The van der Waals surface area contributed by atoms with Crippen LogP contribution in [0.5, 0.6) is 0 Å². The molecule has 5 heteroatoms. The van der Waals surface area contributed by atoms with Crippen LogP contribution in [-0.2, 0) is 17.6 Å². The van der Waals surface area contributed by atoms with Gasteiger partial charge in [0.25, 0.3) is 0 Å². The maximum Gasteiger partial charge on any atom is 0.226 e. The van der Waals surface area contributed by atoms with Crippen LogP contribution < -0.4 is 11.1 Å². The Hall–Kier alpha value is -1.72. The fourth-order valence-electron chi connectivity index (χ4n) is 2.04. The van der Waals surface area contributed by atoms with Crippen LogP contribution in [0.2, 0.25) is 0 Å². The van der Waals surface area contributed by atoms with E-state index >= 15 is 0 Å². The first-order valence-corrected chi connectivity index (χ1v) is 8.36. The van der Waals surface area contributed by atoms with E-state index in [1.165, 1.54) is 5.56 Å². The summed E-state index contributed by atoms with van der Waals surface area (Å²) in [6, 6.07) is 8.40. The molecule has 1 amide bonds. The van der Waals surface area contributed by atoms with Crippen LogP contribution in [0.4, 0.5) is 0 Å². The van der Waals surface area contributed by atoms with Crippen LogP contribution >= 0.6 is 11.3 Å². The number of benzene rings is 1. The first-order valence-electron chi connectivity index (χ1n) is 7.48. The first kappa shape index (κ1) is 16.6. The number of aromatic nitrogens is 1. The third-order valence-electron chi connectivity index (χ3n) is 3.49. The highest BCUT2D eigenvalue weighted by Crippen LogP contribution is 2.24. The molecule has 1 heterocycles.